The standard InChI is InChI=1S/C20H21N3O3/c1-25-19-10-6-5-9-17(19)11-12-21-20(24)26-18-13-22-23(15-18)14-16-7-3-2-4-8-16/h2-10,13,15H,11-12,14H2,1H3,(H,21,24). The fraction of sp³-hybridized carbons (Fsp3) is 0.200. The number of rotatable bonds is 7. The van der Waals surface area contributed by atoms with E-state index in [0.717, 1.165) is 16.9 Å². The molecular weight excluding hydrogens is 330 g/mol. The molecule has 6 heteroatoms. The quantitative estimate of drug-likeness (QED) is 0.709. The van der Waals surface area contributed by atoms with Gasteiger partial charge in [0.05, 0.1) is 26.0 Å². The Morgan fingerprint density at radius 3 is 2.69 bits per heavy atom. The van der Waals surface area contributed by atoms with Crippen LogP contribution in [-0.2, 0) is 13.0 Å². The second-order valence-electron chi connectivity index (χ2n) is 5.74. The van der Waals surface area contributed by atoms with Crippen LogP contribution in [0.15, 0.2) is 67.0 Å². The first-order valence-corrected chi connectivity index (χ1v) is 8.38. The van der Waals surface area contributed by atoms with Gasteiger partial charge in [0.15, 0.2) is 5.75 Å². The number of carbonyl (C=O) groups is 1. The van der Waals surface area contributed by atoms with E-state index in [1.54, 1.807) is 18.0 Å². The molecule has 3 rings (SSSR count). The molecule has 1 amide bonds. The maximum absolute atomic E-state index is 11.9. The van der Waals surface area contributed by atoms with Gasteiger partial charge in [-0.15, -0.1) is 0 Å². The van der Waals surface area contributed by atoms with Crippen LogP contribution >= 0.6 is 0 Å². The number of hydrogen-bond acceptors (Lipinski definition) is 4. The summed E-state index contributed by atoms with van der Waals surface area (Å²) in [4.78, 5) is 11.9. The first-order valence-electron chi connectivity index (χ1n) is 8.38. The zero-order valence-corrected chi connectivity index (χ0v) is 14.6. The highest BCUT2D eigenvalue weighted by atomic mass is 16.6. The van der Waals surface area contributed by atoms with E-state index < -0.39 is 6.09 Å². The van der Waals surface area contributed by atoms with Crippen molar-refractivity contribution in [2.24, 2.45) is 0 Å². The van der Waals surface area contributed by atoms with Crippen molar-refractivity contribution in [1.29, 1.82) is 0 Å². The maximum Gasteiger partial charge on any atom is 0.412 e. The summed E-state index contributed by atoms with van der Waals surface area (Å²) in [5.41, 5.74) is 2.16. The molecule has 0 atom stereocenters. The van der Waals surface area contributed by atoms with Crippen LogP contribution in [0.1, 0.15) is 11.1 Å². The molecule has 134 valence electrons. The smallest absolute Gasteiger partial charge is 0.412 e. The van der Waals surface area contributed by atoms with Crippen molar-refractivity contribution >= 4 is 6.09 Å². The Balaban J connectivity index is 1.46. The number of nitrogens with one attached hydrogen (secondary N) is 1. The minimum Gasteiger partial charge on any atom is -0.496 e. The zero-order chi connectivity index (χ0) is 18.2. The average molecular weight is 351 g/mol. The average Bonchev–Trinajstić information content (AvgIpc) is 3.09. The van der Waals surface area contributed by atoms with Gasteiger partial charge in [0, 0.05) is 6.54 Å². The first kappa shape index (κ1) is 17.5. The molecule has 0 bridgehead atoms. The van der Waals surface area contributed by atoms with Crippen molar-refractivity contribution in [3.8, 4) is 11.5 Å². The number of carbonyl (C=O) groups excluding carboxylic acids is 1. The van der Waals surface area contributed by atoms with Crippen LogP contribution in [0.2, 0.25) is 0 Å². The van der Waals surface area contributed by atoms with E-state index in [4.69, 9.17) is 9.47 Å². The van der Waals surface area contributed by atoms with E-state index >= 15 is 0 Å². The molecule has 2 aromatic carbocycles. The molecule has 6 nitrogen and oxygen atoms in total. The largest absolute Gasteiger partial charge is 0.496 e. The number of ether oxygens (including phenoxy) is 2. The summed E-state index contributed by atoms with van der Waals surface area (Å²) in [5, 5.41) is 6.95. The maximum atomic E-state index is 11.9. The SMILES string of the molecule is COc1ccccc1CCNC(=O)Oc1cnn(Cc2ccccc2)c1. The topological polar surface area (TPSA) is 65.4 Å². The molecular formula is C20H21N3O3. The van der Waals surface area contributed by atoms with Crippen molar-refractivity contribution in [1.82, 2.24) is 15.1 Å². The van der Waals surface area contributed by atoms with Gasteiger partial charge in [-0.3, -0.25) is 4.68 Å². The molecule has 0 fully saturated rings. The lowest BCUT2D eigenvalue weighted by Gasteiger charge is -2.08. The van der Waals surface area contributed by atoms with E-state index in [2.05, 4.69) is 10.4 Å². The van der Waals surface area contributed by atoms with Crippen molar-refractivity contribution in [2.75, 3.05) is 13.7 Å². The van der Waals surface area contributed by atoms with Crippen LogP contribution in [0.25, 0.3) is 0 Å². The Labute approximate surface area is 152 Å². The van der Waals surface area contributed by atoms with E-state index in [1.165, 1.54) is 6.20 Å². The third kappa shape index (κ3) is 4.86. The minimum absolute atomic E-state index is 0.413. The highest BCUT2D eigenvalue weighted by Gasteiger charge is 2.08. The first-order chi connectivity index (χ1) is 12.7. The Morgan fingerprint density at radius 2 is 1.88 bits per heavy atom. The van der Waals surface area contributed by atoms with Gasteiger partial charge in [-0.25, -0.2) is 4.79 Å². The summed E-state index contributed by atoms with van der Waals surface area (Å²) in [7, 11) is 1.63. The van der Waals surface area contributed by atoms with Crippen molar-refractivity contribution in [2.45, 2.75) is 13.0 Å². The summed E-state index contributed by atoms with van der Waals surface area (Å²) in [6, 6.07) is 17.7. The third-order valence-corrected chi connectivity index (χ3v) is 3.86. The van der Waals surface area contributed by atoms with Crippen molar-refractivity contribution in [3.05, 3.63) is 78.1 Å². The van der Waals surface area contributed by atoms with Gasteiger partial charge >= 0.3 is 6.09 Å². The molecule has 26 heavy (non-hydrogen) atoms. The Morgan fingerprint density at radius 1 is 1.12 bits per heavy atom. The van der Waals surface area contributed by atoms with Crippen molar-refractivity contribution < 1.29 is 14.3 Å². The second-order valence-corrected chi connectivity index (χ2v) is 5.74. The van der Waals surface area contributed by atoms with Gasteiger partial charge < -0.3 is 14.8 Å². The highest BCUT2D eigenvalue weighted by molar-refractivity contribution is 5.70. The molecule has 0 spiro atoms. The minimum atomic E-state index is -0.501. The summed E-state index contributed by atoms with van der Waals surface area (Å²) in [5.74, 6) is 1.22. The second kappa shape index (κ2) is 8.71. The molecule has 1 heterocycles. The molecule has 0 aliphatic carbocycles. The van der Waals surface area contributed by atoms with E-state index in [9.17, 15) is 4.79 Å². The highest BCUT2D eigenvalue weighted by Crippen LogP contribution is 2.17. The number of aromatic nitrogens is 2. The molecule has 0 aliphatic rings. The zero-order valence-electron chi connectivity index (χ0n) is 14.6. The van der Waals surface area contributed by atoms with Crippen LogP contribution in [0.5, 0.6) is 11.5 Å². The summed E-state index contributed by atoms with van der Waals surface area (Å²) in [6.45, 7) is 1.08. The van der Waals surface area contributed by atoms with Crippen molar-refractivity contribution in [3.63, 3.8) is 0 Å². The van der Waals surface area contributed by atoms with Gasteiger partial charge in [-0.1, -0.05) is 48.5 Å². The number of hydrogen-bond donors (Lipinski definition) is 1. The van der Waals surface area contributed by atoms with Crippen LogP contribution in [0.3, 0.4) is 0 Å². The van der Waals surface area contributed by atoms with Gasteiger partial charge in [0.2, 0.25) is 0 Å². The van der Waals surface area contributed by atoms with Gasteiger partial charge in [-0.2, -0.15) is 5.10 Å². The van der Waals surface area contributed by atoms with E-state index in [0.29, 0.717) is 25.3 Å². The fourth-order valence-electron chi connectivity index (χ4n) is 2.61. The number of methoxy groups -OCH3 is 1. The molecule has 0 unspecified atom stereocenters. The molecule has 0 radical (unpaired) electrons. The fourth-order valence-corrected chi connectivity index (χ4v) is 2.61. The van der Waals surface area contributed by atoms with Gasteiger partial charge in [0.25, 0.3) is 0 Å². The lowest BCUT2D eigenvalue weighted by Crippen LogP contribution is -2.28. The van der Waals surface area contributed by atoms with E-state index in [1.807, 2.05) is 54.6 Å². The van der Waals surface area contributed by atoms with Crippen LogP contribution in [0.4, 0.5) is 4.79 Å². The molecule has 1 N–H and O–H groups in total. The molecule has 3 aromatic rings. The Bertz CT molecular complexity index is 846. The molecule has 0 saturated heterocycles. The lowest BCUT2D eigenvalue weighted by molar-refractivity contribution is 0.200. The third-order valence-electron chi connectivity index (χ3n) is 3.86. The van der Waals surface area contributed by atoms with Crippen LogP contribution < -0.4 is 14.8 Å². The molecule has 0 saturated carbocycles. The Hall–Kier alpha value is -3.28. The number of amides is 1. The summed E-state index contributed by atoms with van der Waals surface area (Å²) in [6.07, 6.45) is 3.39. The number of nitrogens with zero attached hydrogens (tertiary/aromatic N) is 2. The number of para-hydroxylation sites is 1. The van der Waals surface area contributed by atoms with Crippen LogP contribution in [-0.4, -0.2) is 29.5 Å². The summed E-state index contributed by atoms with van der Waals surface area (Å²) < 4.78 is 12.3. The molecule has 0 aliphatic heterocycles. The summed E-state index contributed by atoms with van der Waals surface area (Å²) >= 11 is 0. The number of benzene rings is 2. The van der Waals surface area contributed by atoms with Crippen LogP contribution in [0, 0.1) is 0 Å². The lowest BCUT2D eigenvalue weighted by atomic mass is 10.1. The predicted molar refractivity (Wildman–Crippen MR) is 98.5 cm³/mol. The predicted octanol–water partition coefficient (Wildman–Crippen LogP) is 3.27. The van der Waals surface area contributed by atoms with Gasteiger partial charge in [-0.05, 0) is 23.6 Å². The Kier molecular flexibility index (Phi) is 5.88. The molecule has 1 aromatic heterocycles. The monoisotopic (exact) mass is 351 g/mol. The normalized spacial score (nSPS) is 10.3. The van der Waals surface area contributed by atoms with Gasteiger partial charge in [0.1, 0.15) is 5.75 Å². The van der Waals surface area contributed by atoms with E-state index in [-0.39, 0.29) is 0 Å².